The molecule has 1 fully saturated rings. The van der Waals surface area contributed by atoms with Gasteiger partial charge in [-0.1, -0.05) is 11.6 Å². The molecule has 0 aromatic carbocycles. The third kappa shape index (κ3) is 3.33. The lowest BCUT2D eigenvalue weighted by Crippen LogP contribution is -2.32. The lowest BCUT2D eigenvalue weighted by molar-refractivity contribution is 0.327. The van der Waals surface area contributed by atoms with Gasteiger partial charge in [0.2, 0.25) is 0 Å². The number of hydrogen-bond acceptors (Lipinski definition) is 2. The van der Waals surface area contributed by atoms with Gasteiger partial charge in [0.25, 0.3) is 0 Å². The predicted molar refractivity (Wildman–Crippen MR) is 69.7 cm³/mol. The largest absolute Gasteiger partial charge is 0.312 e. The van der Waals surface area contributed by atoms with E-state index in [0.29, 0.717) is 0 Å². The summed E-state index contributed by atoms with van der Waals surface area (Å²) in [6.45, 7) is 4.72. The Morgan fingerprint density at radius 1 is 1.44 bits per heavy atom. The van der Waals surface area contributed by atoms with Crippen molar-refractivity contribution in [2.45, 2.75) is 57.5 Å². The zero-order valence-electron chi connectivity index (χ0n) is 10.8. The molecule has 0 amide bonds. The molecular weight excluding hydrogens is 196 g/mol. The Hall–Kier alpha value is -0.340. The van der Waals surface area contributed by atoms with Crippen molar-refractivity contribution in [3.8, 4) is 0 Å². The van der Waals surface area contributed by atoms with E-state index in [1.807, 2.05) is 0 Å². The van der Waals surface area contributed by atoms with Crippen molar-refractivity contribution in [3.63, 3.8) is 0 Å². The number of likely N-dealkylation sites (N-methyl/N-ethyl adjacent to an activating group) is 1. The van der Waals surface area contributed by atoms with Crippen molar-refractivity contribution in [3.05, 3.63) is 11.6 Å². The van der Waals surface area contributed by atoms with E-state index < -0.39 is 0 Å². The van der Waals surface area contributed by atoms with Gasteiger partial charge in [0, 0.05) is 18.6 Å². The van der Waals surface area contributed by atoms with Gasteiger partial charge in [-0.2, -0.15) is 0 Å². The lowest BCUT2D eigenvalue weighted by atomic mass is 9.97. The first-order valence-electron chi connectivity index (χ1n) is 6.87. The van der Waals surface area contributed by atoms with Gasteiger partial charge in [0.05, 0.1) is 0 Å². The highest BCUT2D eigenvalue weighted by Gasteiger charge is 2.25. The second-order valence-electron chi connectivity index (χ2n) is 5.53. The molecule has 0 aromatic heterocycles. The molecule has 92 valence electrons. The normalized spacial score (nSPS) is 31.8. The molecule has 1 aliphatic carbocycles. The van der Waals surface area contributed by atoms with Crippen molar-refractivity contribution in [2.24, 2.45) is 0 Å². The van der Waals surface area contributed by atoms with Crippen LogP contribution in [0.1, 0.15) is 45.4 Å². The average Bonchev–Trinajstić information content (AvgIpc) is 2.60. The fraction of sp³-hybridized carbons (Fsp3) is 0.857. The highest BCUT2D eigenvalue weighted by molar-refractivity contribution is 5.05. The van der Waals surface area contributed by atoms with E-state index in [2.05, 4.69) is 30.3 Å². The molecule has 0 saturated carbocycles. The van der Waals surface area contributed by atoms with E-state index in [4.69, 9.17) is 0 Å². The van der Waals surface area contributed by atoms with Crippen molar-refractivity contribution < 1.29 is 0 Å². The third-order valence-electron chi connectivity index (χ3n) is 4.15. The molecule has 0 bridgehead atoms. The number of hydrogen-bond donors (Lipinski definition) is 1. The van der Waals surface area contributed by atoms with Crippen molar-refractivity contribution in [1.29, 1.82) is 0 Å². The molecule has 1 N–H and O–H groups in total. The zero-order valence-corrected chi connectivity index (χ0v) is 10.8. The van der Waals surface area contributed by atoms with Crippen molar-refractivity contribution >= 4 is 0 Å². The number of rotatable bonds is 4. The van der Waals surface area contributed by atoms with Gasteiger partial charge in [0.15, 0.2) is 0 Å². The van der Waals surface area contributed by atoms with Crippen LogP contribution in [-0.4, -0.2) is 37.1 Å². The first-order chi connectivity index (χ1) is 7.75. The van der Waals surface area contributed by atoms with E-state index in [1.165, 1.54) is 51.6 Å². The molecular formula is C14H26N2. The van der Waals surface area contributed by atoms with Crippen LogP contribution >= 0.6 is 0 Å². The quantitative estimate of drug-likeness (QED) is 0.735. The Morgan fingerprint density at radius 2 is 2.31 bits per heavy atom. The SMILES string of the molecule is CC1CC(NCCC2=CCCCC2)CN1C. The van der Waals surface area contributed by atoms with E-state index >= 15 is 0 Å². The molecule has 2 heteroatoms. The minimum Gasteiger partial charge on any atom is -0.312 e. The Balaban J connectivity index is 1.63. The predicted octanol–water partition coefficient (Wildman–Crippen LogP) is 2.56. The van der Waals surface area contributed by atoms with Crippen LogP contribution in [0.3, 0.4) is 0 Å². The molecule has 1 heterocycles. The minimum atomic E-state index is 0.726. The molecule has 2 unspecified atom stereocenters. The summed E-state index contributed by atoms with van der Waals surface area (Å²) in [6, 6.07) is 1.48. The summed E-state index contributed by atoms with van der Waals surface area (Å²) in [5.41, 5.74) is 1.69. The summed E-state index contributed by atoms with van der Waals surface area (Å²) in [4.78, 5) is 2.46. The van der Waals surface area contributed by atoms with Gasteiger partial charge in [0.1, 0.15) is 0 Å². The fourth-order valence-electron chi connectivity index (χ4n) is 2.91. The summed E-state index contributed by atoms with van der Waals surface area (Å²) in [5, 5.41) is 3.71. The minimum absolute atomic E-state index is 0.726. The maximum absolute atomic E-state index is 3.71. The van der Waals surface area contributed by atoms with Gasteiger partial charge in [-0.3, -0.25) is 0 Å². The van der Waals surface area contributed by atoms with Crippen LogP contribution in [-0.2, 0) is 0 Å². The maximum Gasteiger partial charge on any atom is 0.0209 e. The molecule has 2 aliphatic rings. The van der Waals surface area contributed by atoms with Crippen LogP contribution in [0.25, 0.3) is 0 Å². The fourth-order valence-corrected chi connectivity index (χ4v) is 2.91. The molecule has 1 saturated heterocycles. The number of nitrogens with one attached hydrogen (secondary N) is 1. The Kier molecular flexibility index (Phi) is 4.42. The highest BCUT2D eigenvalue weighted by Crippen LogP contribution is 2.20. The monoisotopic (exact) mass is 222 g/mol. The molecule has 2 nitrogen and oxygen atoms in total. The van der Waals surface area contributed by atoms with Crippen LogP contribution in [0.15, 0.2) is 11.6 Å². The second kappa shape index (κ2) is 5.83. The van der Waals surface area contributed by atoms with Crippen molar-refractivity contribution in [1.82, 2.24) is 10.2 Å². The molecule has 2 atom stereocenters. The molecule has 0 spiro atoms. The van der Waals surface area contributed by atoms with Gasteiger partial charge >= 0.3 is 0 Å². The third-order valence-corrected chi connectivity index (χ3v) is 4.15. The van der Waals surface area contributed by atoms with Gasteiger partial charge in [-0.05, 0) is 59.0 Å². The Bertz CT molecular complexity index is 237. The number of likely N-dealkylation sites (tertiary alicyclic amines) is 1. The number of nitrogens with zero attached hydrogens (tertiary/aromatic N) is 1. The van der Waals surface area contributed by atoms with Crippen LogP contribution in [0.4, 0.5) is 0 Å². The first-order valence-corrected chi connectivity index (χ1v) is 6.87. The second-order valence-corrected chi connectivity index (χ2v) is 5.53. The summed E-state index contributed by atoms with van der Waals surface area (Å²) < 4.78 is 0. The van der Waals surface area contributed by atoms with E-state index in [-0.39, 0.29) is 0 Å². The molecule has 0 aromatic rings. The van der Waals surface area contributed by atoms with Gasteiger partial charge in [-0.15, -0.1) is 0 Å². The molecule has 0 radical (unpaired) electrons. The van der Waals surface area contributed by atoms with E-state index in [0.717, 1.165) is 12.1 Å². The number of allylic oxidation sites excluding steroid dienone is 1. The smallest absolute Gasteiger partial charge is 0.0209 e. The van der Waals surface area contributed by atoms with Crippen LogP contribution in [0.5, 0.6) is 0 Å². The summed E-state index contributed by atoms with van der Waals surface area (Å²) in [6.07, 6.45) is 10.5. The van der Waals surface area contributed by atoms with Gasteiger partial charge in [-0.25, -0.2) is 0 Å². The first kappa shape index (κ1) is 12.1. The maximum atomic E-state index is 3.71. The van der Waals surface area contributed by atoms with E-state index in [1.54, 1.807) is 5.57 Å². The van der Waals surface area contributed by atoms with Gasteiger partial charge < -0.3 is 10.2 Å². The summed E-state index contributed by atoms with van der Waals surface area (Å²) in [7, 11) is 2.23. The van der Waals surface area contributed by atoms with Crippen molar-refractivity contribution in [2.75, 3.05) is 20.1 Å². The average molecular weight is 222 g/mol. The summed E-state index contributed by atoms with van der Waals surface area (Å²) >= 11 is 0. The van der Waals surface area contributed by atoms with E-state index in [9.17, 15) is 0 Å². The summed E-state index contributed by atoms with van der Waals surface area (Å²) in [5.74, 6) is 0. The molecule has 2 rings (SSSR count). The topological polar surface area (TPSA) is 15.3 Å². The lowest BCUT2D eigenvalue weighted by Gasteiger charge is -2.16. The zero-order chi connectivity index (χ0) is 11.4. The molecule has 16 heavy (non-hydrogen) atoms. The van der Waals surface area contributed by atoms with Crippen LogP contribution in [0, 0.1) is 0 Å². The molecule has 1 aliphatic heterocycles. The van der Waals surface area contributed by atoms with Crippen LogP contribution < -0.4 is 5.32 Å². The highest BCUT2D eigenvalue weighted by atomic mass is 15.2. The standard InChI is InChI=1S/C14H26N2/c1-12-10-14(11-16(12)2)15-9-8-13-6-4-3-5-7-13/h6,12,14-15H,3-5,7-11H2,1-2H3. The Morgan fingerprint density at radius 3 is 2.94 bits per heavy atom. The Labute approximate surface area is 100 Å². The van der Waals surface area contributed by atoms with Crippen LogP contribution in [0.2, 0.25) is 0 Å².